The van der Waals surface area contributed by atoms with Gasteiger partial charge in [0.15, 0.2) is 0 Å². The van der Waals surface area contributed by atoms with E-state index in [4.69, 9.17) is 4.74 Å². The van der Waals surface area contributed by atoms with Crippen molar-refractivity contribution >= 4 is 17.8 Å². The van der Waals surface area contributed by atoms with Gasteiger partial charge >= 0.3 is 0 Å². The average molecular weight is 397 g/mol. The summed E-state index contributed by atoms with van der Waals surface area (Å²) in [6.07, 6.45) is 0.701. The van der Waals surface area contributed by atoms with Gasteiger partial charge in [-0.1, -0.05) is 12.1 Å². The molecule has 3 rings (SSSR count). The minimum Gasteiger partial charge on any atom is -0.497 e. The van der Waals surface area contributed by atoms with E-state index < -0.39 is 0 Å². The fraction of sp³-hybridized carbons (Fsp3) is 0.429. The summed E-state index contributed by atoms with van der Waals surface area (Å²) < 4.78 is 5.22. The Morgan fingerprint density at radius 2 is 1.90 bits per heavy atom. The smallest absolute Gasteiger partial charge is 0.270 e. The highest BCUT2D eigenvalue weighted by molar-refractivity contribution is 5.92. The number of methoxy groups -OCH3 is 1. The lowest BCUT2D eigenvalue weighted by Gasteiger charge is -2.34. The molecule has 2 aromatic rings. The van der Waals surface area contributed by atoms with Crippen molar-refractivity contribution in [3.05, 3.63) is 47.3 Å². The van der Waals surface area contributed by atoms with Crippen LogP contribution >= 0.6 is 0 Å². The van der Waals surface area contributed by atoms with E-state index in [1.807, 2.05) is 36.1 Å². The summed E-state index contributed by atoms with van der Waals surface area (Å²) >= 11 is 0. The molecule has 1 aliphatic heterocycles. The number of piperazine rings is 1. The summed E-state index contributed by atoms with van der Waals surface area (Å²) in [6.45, 7) is 6.50. The molecule has 0 atom stereocenters. The van der Waals surface area contributed by atoms with Crippen LogP contribution in [0.15, 0.2) is 30.3 Å². The van der Waals surface area contributed by atoms with E-state index in [0.29, 0.717) is 50.8 Å². The third kappa shape index (κ3) is 5.43. The summed E-state index contributed by atoms with van der Waals surface area (Å²) in [5, 5.41) is 2.92. The van der Waals surface area contributed by atoms with E-state index >= 15 is 0 Å². The Morgan fingerprint density at radius 1 is 1.14 bits per heavy atom. The standard InChI is InChI=1S/C21H27N5O3/c1-15-13-19(20(28)22-8-7-17-5-4-6-18(14-17)29-3)24-21(23-15)26-11-9-25(10-12-26)16(2)27/h4-6,13-14H,7-12H2,1-3H3,(H,22,28). The lowest BCUT2D eigenvalue weighted by atomic mass is 10.1. The van der Waals surface area contributed by atoms with Gasteiger partial charge in [0.05, 0.1) is 7.11 Å². The number of aryl methyl sites for hydroxylation is 1. The zero-order valence-corrected chi connectivity index (χ0v) is 17.1. The monoisotopic (exact) mass is 397 g/mol. The highest BCUT2D eigenvalue weighted by Crippen LogP contribution is 2.14. The molecule has 0 unspecified atom stereocenters. The fourth-order valence-electron chi connectivity index (χ4n) is 3.27. The second-order valence-corrected chi connectivity index (χ2v) is 7.05. The number of hydrogen-bond acceptors (Lipinski definition) is 6. The molecule has 154 valence electrons. The molecule has 1 aliphatic rings. The number of rotatable bonds is 6. The fourth-order valence-corrected chi connectivity index (χ4v) is 3.27. The Labute approximate surface area is 170 Å². The van der Waals surface area contributed by atoms with Gasteiger partial charge in [0.2, 0.25) is 11.9 Å². The summed E-state index contributed by atoms with van der Waals surface area (Å²) in [7, 11) is 1.63. The maximum atomic E-state index is 12.6. The molecule has 1 aromatic heterocycles. The topological polar surface area (TPSA) is 87.7 Å². The minimum absolute atomic E-state index is 0.0749. The van der Waals surface area contributed by atoms with Gasteiger partial charge in [-0.05, 0) is 37.1 Å². The van der Waals surface area contributed by atoms with Crippen molar-refractivity contribution in [2.24, 2.45) is 0 Å². The lowest BCUT2D eigenvalue weighted by molar-refractivity contribution is -0.129. The van der Waals surface area contributed by atoms with Crippen LogP contribution in [0, 0.1) is 6.92 Å². The predicted molar refractivity (Wildman–Crippen MR) is 110 cm³/mol. The number of hydrogen-bond donors (Lipinski definition) is 1. The van der Waals surface area contributed by atoms with Crippen LogP contribution in [0.4, 0.5) is 5.95 Å². The Bertz CT molecular complexity index is 878. The minimum atomic E-state index is -0.220. The molecule has 29 heavy (non-hydrogen) atoms. The van der Waals surface area contributed by atoms with Crippen molar-refractivity contribution < 1.29 is 14.3 Å². The molecule has 8 heteroatoms. The summed E-state index contributed by atoms with van der Waals surface area (Å²) in [4.78, 5) is 36.8. The molecule has 1 saturated heterocycles. The average Bonchev–Trinajstić information content (AvgIpc) is 2.73. The number of benzene rings is 1. The summed E-state index contributed by atoms with van der Waals surface area (Å²) in [5.41, 5.74) is 2.18. The highest BCUT2D eigenvalue weighted by atomic mass is 16.5. The van der Waals surface area contributed by atoms with Gasteiger partial charge in [-0.15, -0.1) is 0 Å². The summed E-state index contributed by atoms with van der Waals surface area (Å²) in [6, 6.07) is 9.48. The van der Waals surface area contributed by atoms with Gasteiger partial charge in [-0.25, -0.2) is 9.97 Å². The summed E-state index contributed by atoms with van der Waals surface area (Å²) in [5.74, 6) is 1.19. The molecule has 2 amide bonds. The van der Waals surface area contributed by atoms with Crippen molar-refractivity contribution in [2.75, 3.05) is 44.7 Å². The van der Waals surface area contributed by atoms with Gasteiger partial charge < -0.3 is 19.9 Å². The number of nitrogens with one attached hydrogen (secondary N) is 1. The van der Waals surface area contributed by atoms with Crippen LogP contribution in [0.1, 0.15) is 28.7 Å². The molecule has 1 N–H and O–H groups in total. The van der Waals surface area contributed by atoms with Crippen molar-refractivity contribution in [3.63, 3.8) is 0 Å². The quantitative estimate of drug-likeness (QED) is 0.794. The van der Waals surface area contributed by atoms with Crippen LogP contribution in [0.25, 0.3) is 0 Å². The van der Waals surface area contributed by atoms with E-state index in [1.165, 1.54) is 0 Å². The lowest BCUT2D eigenvalue weighted by Crippen LogP contribution is -2.48. The van der Waals surface area contributed by atoms with E-state index in [1.54, 1.807) is 25.0 Å². The first-order valence-corrected chi connectivity index (χ1v) is 9.73. The Balaban J connectivity index is 1.60. The normalized spacial score (nSPS) is 13.9. The van der Waals surface area contributed by atoms with E-state index in [0.717, 1.165) is 17.0 Å². The van der Waals surface area contributed by atoms with Crippen molar-refractivity contribution in [3.8, 4) is 5.75 Å². The largest absolute Gasteiger partial charge is 0.497 e. The molecule has 0 bridgehead atoms. The number of carbonyl (C=O) groups excluding carboxylic acids is 2. The first-order chi connectivity index (χ1) is 14.0. The molecule has 1 aromatic carbocycles. The molecule has 0 saturated carbocycles. The molecule has 1 fully saturated rings. The molecule has 0 radical (unpaired) electrons. The van der Waals surface area contributed by atoms with Crippen LogP contribution in [0.2, 0.25) is 0 Å². The molecule has 2 heterocycles. The second kappa shape index (κ2) is 9.36. The van der Waals surface area contributed by atoms with Gasteiger partial charge in [0.25, 0.3) is 5.91 Å². The number of amides is 2. The number of carbonyl (C=O) groups is 2. The Kier molecular flexibility index (Phi) is 6.64. The third-order valence-corrected chi connectivity index (χ3v) is 4.92. The van der Waals surface area contributed by atoms with E-state index in [-0.39, 0.29) is 11.8 Å². The number of nitrogens with zero attached hydrogens (tertiary/aromatic N) is 4. The van der Waals surface area contributed by atoms with Crippen LogP contribution in [-0.4, -0.2) is 66.5 Å². The van der Waals surface area contributed by atoms with E-state index in [9.17, 15) is 9.59 Å². The number of anilines is 1. The van der Waals surface area contributed by atoms with E-state index in [2.05, 4.69) is 15.3 Å². The predicted octanol–water partition coefficient (Wildman–Crippen LogP) is 1.43. The zero-order chi connectivity index (χ0) is 20.8. The van der Waals surface area contributed by atoms with Crippen LogP contribution in [0.5, 0.6) is 5.75 Å². The second-order valence-electron chi connectivity index (χ2n) is 7.05. The first-order valence-electron chi connectivity index (χ1n) is 9.73. The third-order valence-electron chi connectivity index (χ3n) is 4.92. The SMILES string of the molecule is COc1cccc(CCNC(=O)c2cc(C)nc(N3CCN(C(C)=O)CC3)n2)c1. The van der Waals surface area contributed by atoms with Crippen molar-refractivity contribution in [2.45, 2.75) is 20.3 Å². The van der Waals surface area contributed by atoms with Gasteiger partial charge in [0, 0.05) is 45.3 Å². The highest BCUT2D eigenvalue weighted by Gasteiger charge is 2.21. The Morgan fingerprint density at radius 3 is 2.59 bits per heavy atom. The van der Waals surface area contributed by atoms with Crippen molar-refractivity contribution in [1.82, 2.24) is 20.2 Å². The van der Waals surface area contributed by atoms with Crippen molar-refractivity contribution in [1.29, 1.82) is 0 Å². The number of ether oxygens (including phenoxy) is 1. The van der Waals surface area contributed by atoms with Crippen LogP contribution in [0.3, 0.4) is 0 Å². The van der Waals surface area contributed by atoms with Gasteiger partial charge in [-0.3, -0.25) is 9.59 Å². The molecule has 0 aliphatic carbocycles. The Hall–Kier alpha value is -3.16. The maximum absolute atomic E-state index is 12.6. The van der Waals surface area contributed by atoms with Crippen LogP contribution < -0.4 is 15.0 Å². The molecular formula is C21H27N5O3. The molecule has 8 nitrogen and oxygen atoms in total. The number of aromatic nitrogens is 2. The van der Waals surface area contributed by atoms with Gasteiger partial charge in [-0.2, -0.15) is 0 Å². The molecular weight excluding hydrogens is 370 g/mol. The molecule has 0 spiro atoms. The van der Waals surface area contributed by atoms with Gasteiger partial charge in [0.1, 0.15) is 11.4 Å². The zero-order valence-electron chi connectivity index (χ0n) is 17.1. The maximum Gasteiger partial charge on any atom is 0.270 e. The first kappa shape index (κ1) is 20.6. The van der Waals surface area contributed by atoms with Crippen LogP contribution in [-0.2, 0) is 11.2 Å².